The molecule has 4 rings (SSSR count). The molecule has 1 N–H and O–H groups in total. The summed E-state index contributed by atoms with van der Waals surface area (Å²) in [7, 11) is 0. The van der Waals surface area contributed by atoms with Gasteiger partial charge < -0.3 is 14.6 Å². The first-order valence-electron chi connectivity index (χ1n) is 10.8. The second kappa shape index (κ2) is 9.25. The molecule has 3 aromatic carbocycles. The molecule has 0 radical (unpaired) electrons. The minimum atomic E-state index is -0.739. The molecule has 31 heavy (non-hydrogen) atoms. The van der Waals surface area contributed by atoms with Crippen molar-refractivity contribution in [1.29, 1.82) is 0 Å². The predicted octanol–water partition coefficient (Wildman–Crippen LogP) is 6.08. The molecule has 2 unspecified atom stereocenters. The Morgan fingerprint density at radius 1 is 1.03 bits per heavy atom. The molecule has 0 saturated heterocycles. The van der Waals surface area contributed by atoms with E-state index in [2.05, 4.69) is 43.3 Å². The average Bonchev–Trinajstić information content (AvgIpc) is 3.07. The number of carbonyl (C=O) groups is 1. The molecule has 0 amide bonds. The number of carboxylic acids is 1. The summed E-state index contributed by atoms with van der Waals surface area (Å²) in [5.74, 6) is 1.41. The number of fused-ring (bicyclic) bond motifs is 1. The van der Waals surface area contributed by atoms with Gasteiger partial charge in [-0.15, -0.1) is 0 Å². The number of benzene rings is 3. The number of para-hydroxylation sites is 1. The standard InChI is InChI=1S/C27H28O4/c1-3-30-26-7-5-4-6-24(26)20-10-8-19(9-11-20)17-31-22-12-13-23-21(15-22)14-18(2)25(23)16-27(28)29/h4-13,15,18,25H,3,14,16-17H2,1-2H3,(H,28,29). The minimum Gasteiger partial charge on any atom is -0.493 e. The number of aliphatic carboxylic acids is 1. The molecule has 4 nitrogen and oxygen atoms in total. The summed E-state index contributed by atoms with van der Waals surface area (Å²) in [5, 5.41) is 9.18. The average molecular weight is 417 g/mol. The highest BCUT2D eigenvalue weighted by Gasteiger charge is 2.31. The molecule has 1 aliphatic rings. The van der Waals surface area contributed by atoms with Crippen molar-refractivity contribution in [2.45, 2.75) is 39.2 Å². The van der Waals surface area contributed by atoms with Crippen LogP contribution in [0.3, 0.4) is 0 Å². The molecule has 0 aromatic heterocycles. The molecule has 0 aliphatic heterocycles. The van der Waals surface area contributed by atoms with E-state index in [1.807, 2.05) is 37.3 Å². The van der Waals surface area contributed by atoms with Crippen LogP contribution >= 0.6 is 0 Å². The van der Waals surface area contributed by atoms with Crippen LogP contribution in [0, 0.1) is 5.92 Å². The van der Waals surface area contributed by atoms with Crippen LogP contribution in [0.5, 0.6) is 11.5 Å². The van der Waals surface area contributed by atoms with Crippen molar-refractivity contribution in [3.8, 4) is 22.6 Å². The largest absolute Gasteiger partial charge is 0.493 e. The Morgan fingerprint density at radius 2 is 1.81 bits per heavy atom. The third-order valence-electron chi connectivity index (χ3n) is 5.99. The second-order valence-corrected chi connectivity index (χ2v) is 8.16. The number of hydrogen-bond acceptors (Lipinski definition) is 3. The van der Waals surface area contributed by atoms with Gasteiger partial charge in [0.2, 0.25) is 0 Å². The molecular weight excluding hydrogens is 388 g/mol. The highest BCUT2D eigenvalue weighted by atomic mass is 16.5. The third kappa shape index (κ3) is 4.74. The lowest BCUT2D eigenvalue weighted by molar-refractivity contribution is -0.137. The van der Waals surface area contributed by atoms with Crippen molar-refractivity contribution in [2.75, 3.05) is 6.61 Å². The van der Waals surface area contributed by atoms with E-state index in [9.17, 15) is 9.90 Å². The fourth-order valence-electron chi connectivity index (χ4n) is 4.44. The first-order chi connectivity index (χ1) is 15.0. The van der Waals surface area contributed by atoms with Gasteiger partial charge in [0.1, 0.15) is 18.1 Å². The lowest BCUT2D eigenvalue weighted by atomic mass is 9.91. The Kier molecular flexibility index (Phi) is 6.26. The Morgan fingerprint density at radius 3 is 2.55 bits per heavy atom. The van der Waals surface area contributed by atoms with Gasteiger partial charge in [-0.2, -0.15) is 0 Å². The molecule has 0 heterocycles. The van der Waals surface area contributed by atoms with E-state index in [4.69, 9.17) is 9.47 Å². The fourth-order valence-corrected chi connectivity index (χ4v) is 4.44. The van der Waals surface area contributed by atoms with Crippen LogP contribution in [0.2, 0.25) is 0 Å². The first-order valence-corrected chi connectivity index (χ1v) is 10.8. The fraction of sp³-hybridized carbons (Fsp3) is 0.296. The number of rotatable bonds is 8. The van der Waals surface area contributed by atoms with Crippen LogP contribution in [0.4, 0.5) is 0 Å². The molecule has 0 bridgehead atoms. The zero-order valence-corrected chi connectivity index (χ0v) is 18.0. The first kappa shape index (κ1) is 21.0. The third-order valence-corrected chi connectivity index (χ3v) is 5.99. The molecule has 160 valence electrons. The Balaban J connectivity index is 1.43. The van der Waals surface area contributed by atoms with Crippen LogP contribution in [0.25, 0.3) is 11.1 Å². The van der Waals surface area contributed by atoms with Crippen molar-refractivity contribution in [3.05, 3.63) is 83.4 Å². The van der Waals surface area contributed by atoms with E-state index in [0.717, 1.165) is 40.2 Å². The zero-order valence-electron chi connectivity index (χ0n) is 18.0. The van der Waals surface area contributed by atoms with Gasteiger partial charge in [0.05, 0.1) is 13.0 Å². The topological polar surface area (TPSA) is 55.8 Å². The van der Waals surface area contributed by atoms with Crippen LogP contribution < -0.4 is 9.47 Å². The summed E-state index contributed by atoms with van der Waals surface area (Å²) >= 11 is 0. The lowest BCUT2D eigenvalue weighted by Gasteiger charge is -2.14. The van der Waals surface area contributed by atoms with Gasteiger partial charge in [0.15, 0.2) is 0 Å². The van der Waals surface area contributed by atoms with Gasteiger partial charge in [-0.05, 0) is 65.6 Å². The van der Waals surface area contributed by atoms with E-state index in [-0.39, 0.29) is 12.3 Å². The molecule has 0 spiro atoms. The van der Waals surface area contributed by atoms with Gasteiger partial charge >= 0.3 is 5.97 Å². The number of ether oxygens (including phenoxy) is 2. The van der Waals surface area contributed by atoms with Gasteiger partial charge in [0, 0.05) is 5.56 Å². The van der Waals surface area contributed by atoms with Crippen molar-refractivity contribution in [1.82, 2.24) is 0 Å². The second-order valence-electron chi connectivity index (χ2n) is 8.16. The monoisotopic (exact) mass is 416 g/mol. The van der Waals surface area contributed by atoms with Gasteiger partial charge in [-0.1, -0.05) is 55.5 Å². The van der Waals surface area contributed by atoms with E-state index in [1.54, 1.807) is 0 Å². The van der Waals surface area contributed by atoms with Gasteiger partial charge in [0.25, 0.3) is 0 Å². The Bertz CT molecular complexity index is 1060. The molecule has 0 saturated carbocycles. The van der Waals surface area contributed by atoms with Crippen LogP contribution in [0.1, 0.15) is 42.9 Å². The molecule has 4 heteroatoms. The highest BCUT2D eigenvalue weighted by Crippen LogP contribution is 2.41. The van der Waals surface area contributed by atoms with Crippen molar-refractivity contribution >= 4 is 5.97 Å². The maximum atomic E-state index is 11.2. The predicted molar refractivity (Wildman–Crippen MR) is 122 cm³/mol. The Hall–Kier alpha value is -3.27. The SMILES string of the molecule is CCOc1ccccc1-c1ccc(COc2ccc3c(c2)CC(C)C3CC(=O)O)cc1. The molecular formula is C27H28O4. The van der Waals surface area contributed by atoms with Crippen molar-refractivity contribution < 1.29 is 19.4 Å². The van der Waals surface area contributed by atoms with Crippen LogP contribution in [0.15, 0.2) is 66.7 Å². The van der Waals surface area contributed by atoms with E-state index < -0.39 is 5.97 Å². The molecule has 2 atom stereocenters. The maximum absolute atomic E-state index is 11.2. The minimum absolute atomic E-state index is 0.0914. The number of hydrogen-bond donors (Lipinski definition) is 1. The maximum Gasteiger partial charge on any atom is 0.303 e. The summed E-state index contributed by atoms with van der Waals surface area (Å²) in [5.41, 5.74) is 5.65. The summed E-state index contributed by atoms with van der Waals surface area (Å²) in [6.07, 6.45) is 1.09. The van der Waals surface area contributed by atoms with Gasteiger partial charge in [-0.25, -0.2) is 0 Å². The summed E-state index contributed by atoms with van der Waals surface area (Å²) in [6.45, 7) is 5.24. The van der Waals surface area contributed by atoms with E-state index in [1.165, 1.54) is 5.56 Å². The summed E-state index contributed by atoms with van der Waals surface area (Å²) in [6, 6.07) is 22.5. The lowest BCUT2D eigenvalue weighted by Crippen LogP contribution is -2.09. The quantitative estimate of drug-likeness (QED) is 0.483. The molecule has 3 aromatic rings. The Labute approximate surface area is 183 Å². The van der Waals surface area contributed by atoms with Crippen LogP contribution in [-0.4, -0.2) is 17.7 Å². The summed E-state index contributed by atoms with van der Waals surface area (Å²) < 4.78 is 11.8. The smallest absolute Gasteiger partial charge is 0.303 e. The number of carboxylic acid groups (broad SMARTS) is 1. The van der Waals surface area contributed by atoms with Crippen LogP contribution in [-0.2, 0) is 17.8 Å². The zero-order chi connectivity index (χ0) is 21.8. The van der Waals surface area contributed by atoms with E-state index in [0.29, 0.717) is 19.1 Å². The van der Waals surface area contributed by atoms with Crippen molar-refractivity contribution in [3.63, 3.8) is 0 Å². The highest BCUT2D eigenvalue weighted by molar-refractivity contribution is 5.70. The summed E-state index contributed by atoms with van der Waals surface area (Å²) in [4.78, 5) is 11.2. The van der Waals surface area contributed by atoms with Gasteiger partial charge in [-0.3, -0.25) is 4.79 Å². The molecule has 0 fully saturated rings. The molecule has 1 aliphatic carbocycles. The normalized spacial score (nSPS) is 17.2. The van der Waals surface area contributed by atoms with E-state index >= 15 is 0 Å². The van der Waals surface area contributed by atoms with Crippen molar-refractivity contribution in [2.24, 2.45) is 5.92 Å².